The van der Waals surface area contributed by atoms with E-state index in [0.29, 0.717) is 11.3 Å². The van der Waals surface area contributed by atoms with Crippen LogP contribution in [0.5, 0.6) is 5.75 Å². The number of amides is 1. The van der Waals surface area contributed by atoms with Crippen molar-refractivity contribution >= 4 is 11.6 Å². The SMILES string of the molecule is C=C(/C=C\C=C/CC)C(=O)Nc1ccccc1O. The molecular weight excluding hydrogens is 226 g/mol. The molecule has 0 heterocycles. The molecule has 0 radical (unpaired) electrons. The number of hydrogen-bond donors (Lipinski definition) is 2. The first-order chi connectivity index (χ1) is 8.65. The van der Waals surface area contributed by atoms with Gasteiger partial charge in [0, 0.05) is 5.57 Å². The average Bonchev–Trinajstić information content (AvgIpc) is 2.37. The molecule has 0 saturated carbocycles. The van der Waals surface area contributed by atoms with E-state index >= 15 is 0 Å². The predicted octanol–water partition coefficient (Wildman–Crippen LogP) is 3.41. The van der Waals surface area contributed by atoms with Crippen LogP contribution in [0.2, 0.25) is 0 Å². The molecule has 0 aliphatic rings. The number of carbonyl (C=O) groups excluding carboxylic acids is 1. The van der Waals surface area contributed by atoms with E-state index in [1.165, 1.54) is 6.07 Å². The minimum Gasteiger partial charge on any atom is -0.506 e. The van der Waals surface area contributed by atoms with Gasteiger partial charge >= 0.3 is 0 Å². The third-order valence-corrected chi connectivity index (χ3v) is 2.22. The van der Waals surface area contributed by atoms with Crippen molar-refractivity contribution in [1.82, 2.24) is 0 Å². The van der Waals surface area contributed by atoms with Gasteiger partial charge in [-0.15, -0.1) is 0 Å². The molecule has 0 bridgehead atoms. The van der Waals surface area contributed by atoms with Gasteiger partial charge < -0.3 is 10.4 Å². The normalized spacial score (nSPS) is 10.9. The summed E-state index contributed by atoms with van der Waals surface area (Å²) in [6.07, 6.45) is 8.17. The lowest BCUT2D eigenvalue weighted by atomic mass is 10.2. The summed E-state index contributed by atoms with van der Waals surface area (Å²) in [5, 5.41) is 12.1. The van der Waals surface area contributed by atoms with Crippen LogP contribution in [0.25, 0.3) is 0 Å². The van der Waals surface area contributed by atoms with Crippen LogP contribution in [-0.2, 0) is 4.79 Å². The van der Waals surface area contributed by atoms with Crippen molar-refractivity contribution in [3.8, 4) is 5.75 Å². The number of nitrogens with one attached hydrogen (secondary N) is 1. The number of para-hydroxylation sites is 2. The molecule has 94 valence electrons. The Morgan fingerprint density at radius 3 is 2.78 bits per heavy atom. The standard InChI is InChI=1S/C15H17NO2/c1-3-4-5-6-9-12(2)15(18)16-13-10-7-8-11-14(13)17/h4-11,17H,2-3H2,1H3,(H,16,18)/b5-4-,9-6-. The Morgan fingerprint density at radius 2 is 2.11 bits per heavy atom. The molecule has 0 aliphatic carbocycles. The lowest BCUT2D eigenvalue weighted by Crippen LogP contribution is -2.12. The molecule has 18 heavy (non-hydrogen) atoms. The van der Waals surface area contributed by atoms with Crippen LogP contribution in [0, 0.1) is 0 Å². The van der Waals surface area contributed by atoms with Crippen molar-refractivity contribution in [2.75, 3.05) is 5.32 Å². The maximum absolute atomic E-state index is 11.7. The maximum atomic E-state index is 11.7. The van der Waals surface area contributed by atoms with Crippen molar-refractivity contribution in [3.63, 3.8) is 0 Å². The van der Waals surface area contributed by atoms with E-state index in [9.17, 15) is 9.90 Å². The van der Waals surface area contributed by atoms with Crippen molar-refractivity contribution in [3.05, 3.63) is 60.7 Å². The Kier molecular flexibility index (Phi) is 5.45. The Labute approximate surface area is 107 Å². The Hall–Kier alpha value is -2.29. The number of allylic oxidation sites excluding steroid dienone is 3. The summed E-state index contributed by atoms with van der Waals surface area (Å²) in [5.41, 5.74) is 0.708. The molecule has 0 atom stereocenters. The van der Waals surface area contributed by atoms with Crippen molar-refractivity contribution in [2.45, 2.75) is 13.3 Å². The number of phenolic OH excluding ortho intramolecular Hbond substituents is 1. The summed E-state index contributed by atoms with van der Waals surface area (Å²) in [4.78, 5) is 11.7. The molecule has 3 heteroatoms. The van der Waals surface area contributed by atoms with Crippen LogP contribution in [0.15, 0.2) is 60.7 Å². The van der Waals surface area contributed by atoms with Gasteiger partial charge in [-0.3, -0.25) is 4.79 Å². The van der Waals surface area contributed by atoms with Gasteiger partial charge in [-0.2, -0.15) is 0 Å². The topological polar surface area (TPSA) is 49.3 Å². The van der Waals surface area contributed by atoms with Crippen LogP contribution in [0.3, 0.4) is 0 Å². The fourth-order valence-corrected chi connectivity index (χ4v) is 1.24. The van der Waals surface area contributed by atoms with Gasteiger partial charge in [-0.1, -0.05) is 49.9 Å². The van der Waals surface area contributed by atoms with Crippen LogP contribution < -0.4 is 5.32 Å². The Bertz CT molecular complexity index is 487. The zero-order valence-electron chi connectivity index (χ0n) is 10.4. The van der Waals surface area contributed by atoms with E-state index in [1.54, 1.807) is 30.4 Å². The lowest BCUT2D eigenvalue weighted by molar-refractivity contribution is -0.112. The molecule has 0 unspecified atom stereocenters. The molecule has 3 nitrogen and oxygen atoms in total. The second-order valence-electron chi connectivity index (χ2n) is 3.69. The zero-order valence-corrected chi connectivity index (χ0v) is 10.4. The second-order valence-corrected chi connectivity index (χ2v) is 3.69. The molecule has 1 aromatic rings. The fourth-order valence-electron chi connectivity index (χ4n) is 1.24. The molecule has 0 fully saturated rings. The zero-order chi connectivity index (χ0) is 13.4. The van der Waals surface area contributed by atoms with E-state index in [4.69, 9.17) is 0 Å². The number of anilines is 1. The highest BCUT2D eigenvalue weighted by atomic mass is 16.3. The Morgan fingerprint density at radius 1 is 1.39 bits per heavy atom. The van der Waals surface area contributed by atoms with Gasteiger partial charge in [0.25, 0.3) is 5.91 Å². The van der Waals surface area contributed by atoms with E-state index < -0.39 is 0 Å². The summed E-state index contributed by atoms with van der Waals surface area (Å²) < 4.78 is 0. The molecule has 1 amide bonds. The fraction of sp³-hybridized carbons (Fsp3) is 0.133. The summed E-state index contributed by atoms with van der Waals surface area (Å²) in [6, 6.07) is 6.56. The van der Waals surface area contributed by atoms with Gasteiger partial charge in [0.1, 0.15) is 5.75 Å². The molecule has 0 saturated heterocycles. The minimum atomic E-state index is -0.336. The highest BCUT2D eigenvalue weighted by Crippen LogP contribution is 2.21. The van der Waals surface area contributed by atoms with Crippen molar-refractivity contribution < 1.29 is 9.90 Å². The number of phenols is 1. The Balaban J connectivity index is 2.61. The third kappa shape index (κ3) is 4.29. The molecule has 0 aliphatic heterocycles. The van der Waals surface area contributed by atoms with Gasteiger partial charge in [0.15, 0.2) is 0 Å². The molecule has 0 aromatic heterocycles. The van der Waals surface area contributed by atoms with Crippen LogP contribution in [-0.4, -0.2) is 11.0 Å². The summed E-state index contributed by atoms with van der Waals surface area (Å²) in [5.74, 6) is -0.300. The maximum Gasteiger partial charge on any atom is 0.255 e. The van der Waals surface area contributed by atoms with Gasteiger partial charge in [-0.05, 0) is 18.6 Å². The monoisotopic (exact) mass is 243 g/mol. The highest BCUT2D eigenvalue weighted by molar-refractivity contribution is 6.05. The summed E-state index contributed by atoms with van der Waals surface area (Å²) in [6.45, 7) is 5.70. The predicted molar refractivity (Wildman–Crippen MR) is 74.4 cm³/mol. The van der Waals surface area contributed by atoms with E-state index in [1.807, 2.05) is 19.1 Å². The summed E-state index contributed by atoms with van der Waals surface area (Å²) in [7, 11) is 0. The van der Waals surface area contributed by atoms with E-state index in [0.717, 1.165) is 6.42 Å². The van der Waals surface area contributed by atoms with Crippen LogP contribution in [0.4, 0.5) is 5.69 Å². The number of benzene rings is 1. The van der Waals surface area contributed by atoms with Gasteiger partial charge in [-0.25, -0.2) is 0 Å². The van der Waals surface area contributed by atoms with E-state index in [2.05, 4.69) is 11.9 Å². The summed E-state index contributed by atoms with van der Waals surface area (Å²) >= 11 is 0. The molecule has 1 aromatic carbocycles. The number of hydrogen-bond acceptors (Lipinski definition) is 2. The van der Waals surface area contributed by atoms with Crippen molar-refractivity contribution in [1.29, 1.82) is 0 Å². The average molecular weight is 243 g/mol. The minimum absolute atomic E-state index is 0.0357. The smallest absolute Gasteiger partial charge is 0.255 e. The van der Waals surface area contributed by atoms with Crippen LogP contribution >= 0.6 is 0 Å². The number of aromatic hydroxyl groups is 1. The first-order valence-corrected chi connectivity index (χ1v) is 5.76. The van der Waals surface area contributed by atoms with Crippen LogP contribution in [0.1, 0.15) is 13.3 Å². The second kappa shape index (κ2) is 7.12. The number of rotatable bonds is 5. The molecule has 0 spiro atoms. The highest BCUT2D eigenvalue weighted by Gasteiger charge is 2.06. The third-order valence-electron chi connectivity index (χ3n) is 2.22. The number of carbonyl (C=O) groups is 1. The largest absolute Gasteiger partial charge is 0.506 e. The quantitative estimate of drug-likeness (QED) is 0.473. The van der Waals surface area contributed by atoms with Gasteiger partial charge in [0.2, 0.25) is 0 Å². The molecular formula is C15H17NO2. The van der Waals surface area contributed by atoms with Crippen molar-refractivity contribution in [2.24, 2.45) is 0 Å². The first-order valence-electron chi connectivity index (χ1n) is 5.76. The van der Waals surface area contributed by atoms with E-state index in [-0.39, 0.29) is 11.7 Å². The molecule has 2 N–H and O–H groups in total. The van der Waals surface area contributed by atoms with Gasteiger partial charge in [0.05, 0.1) is 5.69 Å². The lowest BCUT2D eigenvalue weighted by Gasteiger charge is -2.06. The molecule has 1 rings (SSSR count). The first kappa shape index (κ1) is 13.8.